The normalized spacial score (nSPS) is 11.7. The van der Waals surface area contributed by atoms with Gasteiger partial charge in [-0.15, -0.1) is 0 Å². The monoisotopic (exact) mass is 393 g/mol. The minimum absolute atomic E-state index is 0.188. The fourth-order valence-corrected chi connectivity index (χ4v) is 3.26. The molecule has 1 N–H and O–H groups in total. The van der Waals surface area contributed by atoms with Gasteiger partial charge in [0, 0.05) is 0 Å². The number of carbonyl (C=O) groups is 1. The molecular weight excluding hydrogens is 366 g/mol. The van der Waals surface area contributed by atoms with E-state index in [2.05, 4.69) is 5.32 Å². The van der Waals surface area contributed by atoms with Gasteiger partial charge in [-0.05, 0) is 61.4 Å². The van der Waals surface area contributed by atoms with Gasteiger partial charge >= 0.3 is 0 Å². The van der Waals surface area contributed by atoms with Crippen LogP contribution in [0.15, 0.2) is 54.6 Å². The van der Waals surface area contributed by atoms with Gasteiger partial charge in [-0.3, -0.25) is 4.79 Å². The largest absolute Gasteiger partial charge is 0.496 e. The van der Waals surface area contributed by atoms with E-state index in [9.17, 15) is 4.79 Å². The van der Waals surface area contributed by atoms with Crippen LogP contribution < -0.4 is 19.5 Å². The zero-order valence-corrected chi connectivity index (χ0v) is 17.3. The fraction of sp³-hybridized carbons (Fsp3) is 0.292. The van der Waals surface area contributed by atoms with Crippen LogP contribution in [0.5, 0.6) is 17.2 Å². The highest BCUT2D eigenvalue weighted by atomic mass is 16.5. The first-order chi connectivity index (χ1) is 14.1. The van der Waals surface area contributed by atoms with Crippen molar-refractivity contribution >= 4 is 16.7 Å². The Labute approximate surface area is 171 Å². The zero-order chi connectivity index (χ0) is 20.8. The second kappa shape index (κ2) is 9.32. The molecule has 3 aromatic rings. The van der Waals surface area contributed by atoms with E-state index >= 15 is 0 Å². The van der Waals surface area contributed by atoms with Crippen molar-refractivity contribution in [3.8, 4) is 17.2 Å². The Balaban J connectivity index is 1.85. The summed E-state index contributed by atoms with van der Waals surface area (Å²) in [7, 11) is 1.57. The van der Waals surface area contributed by atoms with Gasteiger partial charge in [0.25, 0.3) is 5.91 Å². The first-order valence-electron chi connectivity index (χ1n) is 9.84. The zero-order valence-electron chi connectivity index (χ0n) is 17.3. The number of hydrogen-bond donors (Lipinski definition) is 1. The van der Waals surface area contributed by atoms with Gasteiger partial charge in [0.05, 0.1) is 31.9 Å². The van der Waals surface area contributed by atoms with Crippen LogP contribution in [-0.2, 0) is 0 Å². The van der Waals surface area contributed by atoms with E-state index in [0.29, 0.717) is 36.0 Å². The molecule has 0 saturated heterocycles. The van der Waals surface area contributed by atoms with Crippen LogP contribution in [0.25, 0.3) is 10.8 Å². The van der Waals surface area contributed by atoms with Crippen molar-refractivity contribution in [3.63, 3.8) is 0 Å². The predicted octanol–water partition coefficient (Wildman–Crippen LogP) is 5.14. The highest BCUT2D eigenvalue weighted by Crippen LogP contribution is 2.31. The van der Waals surface area contributed by atoms with Crippen molar-refractivity contribution in [1.29, 1.82) is 0 Å². The van der Waals surface area contributed by atoms with Gasteiger partial charge in [-0.1, -0.05) is 30.3 Å². The number of methoxy groups -OCH3 is 1. The molecule has 0 spiro atoms. The summed E-state index contributed by atoms with van der Waals surface area (Å²) in [5.74, 6) is 1.74. The van der Waals surface area contributed by atoms with Crippen molar-refractivity contribution in [1.82, 2.24) is 5.32 Å². The second-order valence-electron chi connectivity index (χ2n) is 6.67. The number of amides is 1. The molecule has 0 radical (unpaired) electrons. The molecule has 0 unspecified atom stereocenters. The Morgan fingerprint density at radius 1 is 0.897 bits per heavy atom. The molecule has 5 nitrogen and oxygen atoms in total. The maximum Gasteiger partial charge on any atom is 0.255 e. The van der Waals surface area contributed by atoms with Crippen LogP contribution >= 0.6 is 0 Å². The number of ether oxygens (including phenoxy) is 3. The highest BCUT2D eigenvalue weighted by molar-refractivity contribution is 6.01. The molecule has 0 saturated carbocycles. The molecule has 1 atom stereocenters. The quantitative estimate of drug-likeness (QED) is 0.576. The molecule has 152 valence electrons. The second-order valence-corrected chi connectivity index (χ2v) is 6.67. The summed E-state index contributed by atoms with van der Waals surface area (Å²) in [5.41, 5.74) is 1.44. The van der Waals surface area contributed by atoms with Gasteiger partial charge in [0.2, 0.25) is 0 Å². The lowest BCUT2D eigenvalue weighted by molar-refractivity contribution is 0.0937. The van der Waals surface area contributed by atoms with Gasteiger partial charge < -0.3 is 19.5 Å². The van der Waals surface area contributed by atoms with Crippen molar-refractivity contribution in [2.24, 2.45) is 0 Å². The van der Waals surface area contributed by atoms with E-state index in [0.717, 1.165) is 16.3 Å². The lowest BCUT2D eigenvalue weighted by Gasteiger charge is -2.18. The van der Waals surface area contributed by atoms with Crippen LogP contribution in [-0.4, -0.2) is 26.2 Å². The van der Waals surface area contributed by atoms with Crippen molar-refractivity contribution in [3.05, 3.63) is 65.7 Å². The third-order valence-corrected chi connectivity index (χ3v) is 4.73. The Morgan fingerprint density at radius 2 is 1.55 bits per heavy atom. The standard InChI is InChI=1S/C24H27NO4/c1-5-28-21-12-11-17(14-23(21)29-6-2)16(3)25-24(26)20-13-18-9-7-8-10-19(18)15-22(20)27-4/h7-16H,5-6H2,1-4H3,(H,25,26)/t16-/m1/s1. The lowest BCUT2D eigenvalue weighted by atomic mass is 10.0. The predicted molar refractivity (Wildman–Crippen MR) is 115 cm³/mol. The van der Waals surface area contributed by atoms with Crippen LogP contribution in [0.3, 0.4) is 0 Å². The molecule has 0 fully saturated rings. The van der Waals surface area contributed by atoms with E-state index in [4.69, 9.17) is 14.2 Å². The molecule has 0 heterocycles. The highest BCUT2D eigenvalue weighted by Gasteiger charge is 2.18. The van der Waals surface area contributed by atoms with E-state index in [1.807, 2.05) is 75.4 Å². The van der Waals surface area contributed by atoms with Crippen LogP contribution in [0.2, 0.25) is 0 Å². The molecule has 0 aliphatic heterocycles. The molecule has 29 heavy (non-hydrogen) atoms. The van der Waals surface area contributed by atoms with Crippen molar-refractivity contribution < 1.29 is 19.0 Å². The summed E-state index contributed by atoms with van der Waals surface area (Å²) < 4.78 is 16.8. The lowest BCUT2D eigenvalue weighted by Crippen LogP contribution is -2.27. The molecule has 0 aliphatic carbocycles. The van der Waals surface area contributed by atoms with Gasteiger partial charge in [0.15, 0.2) is 11.5 Å². The Bertz CT molecular complexity index is 999. The van der Waals surface area contributed by atoms with Gasteiger partial charge in [-0.25, -0.2) is 0 Å². The topological polar surface area (TPSA) is 56.8 Å². The summed E-state index contributed by atoms with van der Waals surface area (Å²) in [6, 6.07) is 17.2. The number of carbonyl (C=O) groups excluding carboxylic acids is 1. The summed E-state index contributed by atoms with van der Waals surface area (Å²) in [4.78, 5) is 13.0. The SMILES string of the molecule is CCOc1ccc([C@@H](C)NC(=O)c2cc3ccccc3cc2OC)cc1OCC. The van der Waals surface area contributed by atoms with E-state index < -0.39 is 0 Å². The summed E-state index contributed by atoms with van der Waals surface area (Å²) >= 11 is 0. The van der Waals surface area contributed by atoms with Gasteiger partial charge in [0.1, 0.15) is 5.75 Å². The van der Waals surface area contributed by atoms with Crippen molar-refractivity contribution in [2.45, 2.75) is 26.8 Å². The summed E-state index contributed by atoms with van der Waals surface area (Å²) in [6.45, 7) is 6.91. The first-order valence-corrected chi connectivity index (χ1v) is 9.84. The molecule has 5 heteroatoms. The van der Waals surface area contributed by atoms with Crippen molar-refractivity contribution in [2.75, 3.05) is 20.3 Å². The molecule has 1 amide bonds. The average Bonchev–Trinajstić information content (AvgIpc) is 2.74. The minimum Gasteiger partial charge on any atom is -0.496 e. The molecule has 0 bridgehead atoms. The van der Waals surface area contributed by atoms with Crippen LogP contribution in [0, 0.1) is 0 Å². The van der Waals surface area contributed by atoms with E-state index in [1.165, 1.54) is 0 Å². The molecule has 0 aliphatic rings. The third-order valence-electron chi connectivity index (χ3n) is 4.73. The number of fused-ring (bicyclic) bond motifs is 1. The third kappa shape index (κ3) is 4.62. The molecule has 3 rings (SSSR count). The smallest absolute Gasteiger partial charge is 0.255 e. The van der Waals surface area contributed by atoms with E-state index in [-0.39, 0.29) is 11.9 Å². The minimum atomic E-state index is -0.214. The first kappa shape index (κ1) is 20.5. The van der Waals surface area contributed by atoms with Crippen LogP contribution in [0.4, 0.5) is 0 Å². The summed E-state index contributed by atoms with van der Waals surface area (Å²) in [6.07, 6.45) is 0. The maximum atomic E-state index is 13.0. The Morgan fingerprint density at radius 3 is 2.21 bits per heavy atom. The number of benzene rings is 3. The van der Waals surface area contributed by atoms with E-state index in [1.54, 1.807) is 7.11 Å². The molecular formula is C24H27NO4. The molecule has 0 aromatic heterocycles. The Kier molecular flexibility index (Phi) is 6.60. The number of rotatable bonds is 8. The van der Waals surface area contributed by atoms with Gasteiger partial charge in [-0.2, -0.15) is 0 Å². The number of hydrogen-bond acceptors (Lipinski definition) is 4. The average molecular weight is 393 g/mol. The summed E-state index contributed by atoms with van der Waals surface area (Å²) in [5, 5.41) is 5.08. The number of nitrogens with one attached hydrogen (secondary N) is 1. The maximum absolute atomic E-state index is 13.0. The Hall–Kier alpha value is -3.21. The molecule has 3 aromatic carbocycles. The fourth-order valence-electron chi connectivity index (χ4n) is 3.26. The van der Waals surface area contributed by atoms with Crippen LogP contribution in [0.1, 0.15) is 42.7 Å².